The van der Waals surface area contributed by atoms with E-state index in [1.807, 2.05) is 0 Å². The Bertz CT molecular complexity index is 707. The van der Waals surface area contributed by atoms with Crippen molar-refractivity contribution in [1.82, 2.24) is 0 Å². The molecule has 0 unspecified atom stereocenters. The Morgan fingerprint density at radius 1 is 1.33 bits per heavy atom. The van der Waals surface area contributed by atoms with Gasteiger partial charge in [0.05, 0.1) is 22.8 Å². The van der Waals surface area contributed by atoms with Crippen LogP contribution in [0.5, 0.6) is 5.75 Å². The molecule has 0 heterocycles. The fourth-order valence-corrected chi connectivity index (χ4v) is 2.20. The maximum absolute atomic E-state index is 13.9. The van der Waals surface area contributed by atoms with Crippen molar-refractivity contribution in [3.05, 3.63) is 46.2 Å². The Morgan fingerprint density at radius 3 is 2.67 bits per heavy atom. The summed E-state index contributed by atoms with van der Waals surface area (Å²) >= 11 is 3.33. The Kier molecular flexibility index (Phi) is 4.32. The number of ether oxygens (including phenoxy) is 1. The van der Waals surface area contributed by atoms with Gasteiger partial charge in [-0.05, 0) is 40.2 Å². The van der Waals surface area contributed by atoms with Crippen molar-refractivity contribution < 1.29 is 13.9 Å². The van der Waals surface area contributed by atoms with Crippen LogP contribution in [0, 0.1) is 5.82 Å². The predicted octanol–water partition coefficient (Wildman–Crippen LogP) is 3.02. The molecule has 5 nitrogen and oxygen atoms in total. The molecule has 0 aromatic heterocycles. The van der Waals surface area contributed by atoms with Crippen LogP contribution in [0.3, 0.4) is 0 Å². The number of amides is 1. The van der Waals surface area contributed by atoms with E-state index in [-0.39, 0.29) is 16.9 Å². The monoisotopic (exact) mass is 353 g/mol. The van der Waals surface area contributed by atoms with Crippen molar-refractivity contribution in [2.45, 2.75) is 0 Å². The van der Waals surface area contributed by atoms with Gasteiger partial charge < -0.3 is 21.5 Å². The Balaban J connectivity index is 2.39. The van der Waals surface area contributed by atoms with Crippen molar-refractivity contribution in [1.29, 1.82) is 0 Å². The van der Waals surface area contributed by atoms with Gasteiger partial charge in [-0.1, -0.05) is 0 Å². The molecule has 5 N–H and O–H groups in total. The lowest BCUT2D eigenvalue weighted by atomic mass is 10.1. The molecule has 0 aliphatic carbocycles. The summed E-state index contributed by atoms with van der Waals surface area (Å²) < 4.78 is 19.8. The number of methoxy groups -OCH3 is 1. The van der Waals surface area contributed by atoms with Crippen LogP contribution < -0.4 is 21.5 Å². The van der Waals surface area contributed by atoms with Gasteiger partial charge >= 0.3 is 0 Å². The zero-order valence-electron chi connectivity index (χ0n) is 11.1. The number of nitrogens with two attached hydrogens (primary N) is 2. The molecule has 0 aliphatic rings. The molecule has 0 radical (unpaired) electrons. The Morgan fingerprint density at radius 2 is 2.05 bits per heavy atom. The third kappa shape index (κ3) is 3.25. The van der Waals surface area contributed by atoms with Crippen LogP contribution >= 0.6 is 15.9 Å². The van der Waals surface area contributed by atoms with Gasteiger partial charge in [0.2, 0.25) is 0 Å². The predicted molar refractivity (Wildman–Crippen MR) is 83.3 cm³/mol. The lowest BCUT2D eigenvalue weighted by molar-refractivity contribution is 0.100. The largest absolute Gasteiger partial charge is 0.495 e. The van der Waals surface area contributed by atoms with Gasteiger partial charge in [-0.15, -0.1) is 0 Å². The molecule has 2 aromatic carbocycles. The van der Waals surface area contributed by atoms with Gasteiger partial charge in [0.15, 0.2) is 0 Å². The number of nitrogen functional groups attached to an aromatic ring is 1. The fraction of sp³-hybridized carbons (Fsp3) is 0.0714. The summed E-state index contributed by atoms with van der Waals surface area (Å²) in [5.41, 5.74) is 11.5. The molecule has 0 aliphatic heterocycles. The highest BCUT2D eigenvalue weighted by atomic mass is 79.9. The number of anilines is 3. The third-order valence-corrected chi connectivity index (χ3v) is 3.49. The van der Waals surface area contributed by atoms with Crippen molar-refractivity contribution >= 4 is 38.9 Å². The summed E-state index contributed by atoms with van der Waals surface area (Å²) in [5.74, 6) is -0.714. The van der Waals surface area contributed by atoms with E-state index >= 15 is 0 Å². The zero-order valence-corrected chi connectivity index (χ0v) is 12.7. The second-order valence-corrected chi connectivity index (χ2v) is 5.11. The molecular weight excluding hydrogens is 341 g/mol. The number of primary amides is 1. The SMILES string of the molecule is COc1cc(Nc2cc(C(N)=O)c(N)cc2F)ccc1Br. The van der Waals surface area contributed by atoms with Crippen LogP contribution in [0.2, 0.25) is 0 Å². The average molecular weight is 354 g/mol. The van der Waals surface area contributed by atoms with Crippen molar-refractivity contribution in [3.8, 4) is 5.75 Å². The minimum atomic E-state index is -0.719. The number of hydrogen-bond donors (Lipinski definition) is 3. The Hall–Kier alpha value is -2.28. The number of nitrogens with one attached hydrogen (secondary N) is 1. The van der Waals surface area contributed by atoms with Crippen LogP contribution in [0.1, 0.15) is 10.4 Å². The van der Waals surface area contributed by atoms with Crippen LogP contribution in [0.4, 0.5) is 21.5 Å². The van der Waals surface area contributed by atoms with Crippen LogP contribution in [0.25, 0.3) is 0 Å². The highest BCUT2D eigenvalue weighted by Gasteiger charge is 2.12. The van der Waals surface area contributed by atoms with Gasteiger partial charge in [-0.25, -0.2) is 4.39 Å². The molecule has 7 heteroatoms. The minimum absolute atomic E-state index is 0.000985. The summed E-state index contributed by atoms with van der Waals surface area (Å²) in [6.45, 7) is 0. The molecule has 0 saturated heterocycles. The maximum Gasteiger partial charge on any atom is 0.250 e. The molecule has 0 fully saturated rings. The van der Waals surface area contributed by atoms with Crippen molar-refractivity contribution in [2.24, 2.45) is 5.73 Å². The standard InChI is InChI=1S/C14H13BrFN3O2/c1-21-13-4-7(2-3-9(13)15)19-12-5-8(14(18)20)11(17)6-10(12)16/h2-6,19H,17H2,1H3,(H2,18,20). The normalized spacial score (nSPS) is 10.2. The molecule has 0 spiro atoms. The first-order valence-corrected chi connectivity index (χ1v) is 6.71. The molecule has 0 atom stereocenters. The van der Waals surface area contributed by atoms with E-state index in [0.717, 1.165) is 10.5 Å². The summed E-state index contributed by atoms with van der Waals surface area (Å²) in [5, 5.41) is 2.86. The summed E-state index contributed by atoms with van der Waals surface area (Å²) in [6.07, 6.45) is 0. The first-order valence-electron chi connectivity index (χ1n) is 5.91. The summed E-state index contributed by atoms with van der Waals surface area (Å²) in [6, 6.07) is 7.50. The minimum Gasteiger partial charge on any atom is -0.495 e. The molecule has 110 valence electrons. The van der Waals surface area contributed by atoms with Crippen LogP contribution in [-0.2, 0) is 0 Å². The van der Waals surface area contributed by atoms with Crippen LogP contribution in [0.15, 0.2) is 34.8 Å². The molecule has 2 aromatic rings. The first-order chi connectivity index (χ1) is 9.92. The number of hydrogen-bond acceptors (Lipinski definition) is 4. The van der Waals surface area contributed by atoms with Crippen LogP contribution in [-0.4, -0.2) is 13.0 Å². The number of benzene rings is 2. The fourth-order valence-electron chi connectivity index (χ4n) is 1.79. The number of halogens is 2. The highest BCUT2D eigenvalue weighted by Crippen LogP contribution is 2.31. The molecule has 0 bridgehead atoms. The summed E-state index contributed by atoms with van der Waals surface area (Å²) in [7, 11) is 1.53. The number of carbonyl (C=O) groups is 1. The van der Waals surface area contributed by atoms with E-state index < -0.39 is 11.7 Å². The smallest absolute Gasteiger partial charge is 0.250 e. The molecule has 1 amide bonds. The van der Waals surface area contributed by atoms with E-state index in [1.165, 1.54) is 13.2 Å². The first kappa shape index (κ1) is 15.1. The average Bonchev–Trinajstić information content (AvgIpc) is 2.43. The van der Waals surface area contributed by atoms with E-state index in [1.54, 1.807) is 18.2 Å². The van der Waals surface area contributed by atoms with Gasteiger partial charge in [-0.3, -0.25) is 4.79 Å². The maximum atomic E-state index is 13.9. The Labute approximate surface area is 129 Å². The van der Waals surface area contributed by atoms with E-state index in [9.17, 15) is 9.18 Å². The molecule has 21 heavy (non-hydrogen) atoms. The summed E-state index contributed by atoms with van der Waals surface area (Å²) in [4.78, 5) is 11.2. The second-order valence-electron chi connectivity index (χ2n) is 4.26. The zero-order chi connectivity index (χ0) is 15.6. The topological polar surface area (TPSA) is 90.4 Å². The molecule has 0 saturated carbocycles. The van der Waals surface area contributed by atoms with Gasteiger partial charge in [0, 0.05) is 17.4 Å². The molecular formula is C14H13BrFN3O2. The molecule has 2 rings (SSSR count). The van der Waals surface area contributed by atoms with E-state index in [2.05, 4.69) is 21.2 Å². The van der Waals surface area contributed by atoms with Crippen molar-refractivity contribution in [2.75, 3.05) is 18.2 Å². The van der Waals surface area contributed by atoms with E-state index in [4.69, 9.17) is 16.2 Å². The number of carbonyl (C=O) groups excluding carboxylic acids is 1. The third-order valence-electron chi connectivity index (χ3n) is 2.83. The van der Waals surface area contributed by atoms with Gasteiger partial charge in [0.1, 0.15) is 11.6 Å². The number of rotatable bonds is 4. The van der Waals surface area contributed by atoms with E-state index in [0.29, 0.717) is 11.4 Å². The van der Waals surface area contributed by atoms with Gasteiger partial charge in [0.25, 0.3) is 5.91 Å². The quantitative estimate of drug-likeness (QED) is 0.736. The highest BCUT2D eigenvalue weighted by molar-refractivity contribution is 9.10. The lowest BCUT2D eigenvalue weighted by Crippen LogP contribution is -2.14. The van der Waals surface area contributed by atoms with Crippen molar-refractivity contribution in [3.63, 3.8) is 0 Å². The lowest BCUT2D eigenvalue weighted by Gasteiger charge is -2.12. The van der Waals surface area contributed by atoms with Gasteiger partial charge in [-0.2, -0.15) is 0 Å². The second kappa shape index (κ2) is 6.01.